The highest BCUT2D eigenvalue weighted by molar-refractivity contribution is 7.99. The van der Waals surface area contributed by atoms with Gasteiger partial charge in [-0.25, -0.2) is 0 Å². The first-order chi connectivity index (χ1) is 15.9. The van der Waals surface area contributed by atoms with Crippen molar-refractivity contribution in [1.82, 2.24) is 19.7 Å². The molecule has 1 fully saturated rings. The first kappa shape index (κ1) is 22.6. The van der Waals surface area contributed by atoms with Crippen molar-refractivity contribution in [3.05, 3.63) is 64.0 Å². The maximum absolute atomic E-state index is 13.4. The number of nitro groups is 1. The Morgan fingerprint density at radius 2 is 1.97 bits per heavy atom. The Labute approximate surface area is 194 Å². The van der Waals surface area contributed by atoms with Crippen LogP contribution < -0.4 is 9.47 Å². The molecule has 11 heteroatoms. The molecule has 1 aromatic heterocycles. The van der Waals surface area contributed by atoms with E-state index < -0.39 is 4.92 Å². The molecule has 1 atom stereocenters. The van der Waals surface area contributed by atoms with Gasteiger partial charge in [0.2, 0.25) is 0 Å². The molecular formula is C22H23N5O5S. The molecule has 3 aromatic rings. The van der Waals surface area contributed by atoms with E-state index in [1.165, 1.54) is 12.4 Å². The second-order valence-corrected chi connectivity index (χ2v) is 8.55. The maximum atomic E-state index is 13.4. The van der Waals surface area contributed by atoms with Crippen LogP contribution in [-0.2, 0) is 7.05 Å². The molecule has 0 saturated carbocycles. The summed E-state index contributed by atoms with van der Waals surface area (Å²) in [7, 11) is 4.90. The number of carbonyl (C=O) groups is 1. The quantitative estimate of drug-likeness (QED) is 0.379. The zero-order valence-corrected chi connectivity index (χ0v) is 19.2. The number of rotatable bonds is 7. The fourth-order valence-electron chi connectivity index (χ4n) is 3.93. The minimum Gasteiger partial charge on any atom is -0.493 e. The van der Waals surface area contributed by atoms with Crippen LogP contribution in [0.25, 0.3) is 0 Å². The summed E-state index contributed by atoms with van der Waals surface area (Å²) in [5.74, 6) is 0.962. The van der Waals surface area contributed by atoms with Crippen LogP contribution in [0.1, 0.15) is 34.8 Å². The van der Waals surface area contributed by atoms with E-state index in [-0.39, 0.29) is 23.2 Å². The smallest absolute Gasteiger partial charge is 0.284 e. The molecule has 1 aliphatic heterocycles. The van der Waals surface area contributed by atoms with Gasteiger partial charge in [0, 0.05) is 25.2 Å². The highest BCUT2D eigenvalue weighted by Crippen LogP contribution is 2.39. The van der Waals surface area contributed by atoms with Gasteiger partial charge in [0.15, 0.2) is 16.7 Å². The number of amides is 1. The first-order valence-corrected chi connectivity index (χ1v) is 11.1. The lowest BCUT2D eigenvalue weighted by atomic mass is 10.0. The summed E-state index contributed by atoms with van der Waals surface area (Å²) < 4.78 is 12.4. The summed E-state index contributed by atoms with van der Waals surface area (Å²) in [6, 6.07) is 10.0. The molecule has 2 aromatic carbocycles. The Hall–Kier alpha value is -3.60. The summed E-state index contributed by atoms with van der Waals surface area (Å²) in [6.07, 6.45) is 3.16. The molecular weight excluding hydrogens is 446 g/mol. The van der Waals surface area contributed by atoms with Crippen LogP contribution in [0.5, 0.6) is 11.5 Å². The molecule has 2 heterocycles. The van der Waals surface area contributed by atoms with Crippen LogP contribution in [0.15, 0.2) is 52.8 Å². The number of nitrogens with zero attached hydrogens (tertiary/aromatic N) is 5. The zero-order chi connectivity index (χ0) is 23.5. The van der Waals surface area contributed by atoms with E-state index in [2.05, 4.69) is 10.2 Å². The van der Waals surface area contributed by atoms with Crippen molar-refractivity contribution in [2.45, 2.75) is 28.9 Å². The molecule has 1 aliphatic rings. The zero-order valence-electron chi connectivity index (χ0n) is 18.4. The third-order valence-electron chi connectivity index (χ3n) is 5.58. The molecule has 1 unspecified atom stereocenters. The van der Waals surface area contributed by atoms with E-state index in [1.807, 2.05) is 18.2 Å². The minimum absolute atomic E-state index is 0.143. The van der Waals surface area contributed by atoms with E-state index >= 15 is 0 Å². The summed E-state index contributed by atoms with van der Waals surface area (Å²) >= 11 is 1.13. The van der Waals surface area contributed by atoms with Gasteiger partial charge in [0.05, 0.1) is 30.1 Å². The molecule has 0 aliphatic carbocycles. The molecule has 10 nitrogen and oxygen atoms in total. The molecule has 33 heavy (non-hydrogen) atoms. The first-order valence-electron chi connectivity index (χ1n) is 10.3. The summed E-state index contributed by atoms with van der Waals surface area (Å²) in [5.41, 5.74) is 1.06. The Morgan fingerprint density at radius 1 is 1.18 bits per heavy atom. The van der Waals surface area contributed by atoms with Gasteiger partial charge in [-0.1, -0.05) is 6.07 Å². The fourth-order valence-corrected chi connectivity index (χ4v) is 4.77. The van der Waals surface area contributed by atoms with Gasteiger partial charge in [0.1, 0.15) is 6.33 Å². The van der Waals surface area contributed by atoms with Crippen LogP contribution >= 0.6 is 11.8 Å². The molecule has 0 N–H and O–H groups in total. The van der Waals surface area contributed by atoms with E-state index in [1.54, 1.807) is 42.9 Å². The average Bonchev–Trinajstić information content (AvgIpc) is 3.47. The van der Waals surface area contributed by atoms with E-state index in [9.17, 15) is 14.9 Å². The second kappa shape index (κ2) is 9.49. The van der Waals surface area contributed by atoms with E-state index in [4.69, 9.17) is 9.47 Å². The van der Waals surface area contributed by atoms with Gasteiger partial charge in [-0.3, -0.25) is 14.9 Å². The van der Waals surface area contributed by atoms with Crippen LogP contribution in [0.3, 0.4) is 0 Å². The third kappa shape index (κ3) is 4.49. The van der Waals surface area contributed by atoms with Crippen LogP contribution in [0, 0.1) is 10.1 Å². The van der Waals surface area contributed by atoms with Crippen LogP contribution in [0.4, 0.5) is 5.69 Å². The molecule has 0 bridgehead atoms. The lowest BCUT2D eigenvalue weighted by Gasteiger charge is -2.26. The second-order valence-electron chi connectivity index (χ2n) is 7.54. The number of hydrogen-bond acceptors (Lipinski definition) is 8. The van der Waals surface area contributed by atoms with E-state index in [0.29, 0.717) is 28.1 Å². The monoisotopic (exact) mass is 469 g/mol. The Bertz CT molecular complexity index is 1200. The number of nitro benzene ring substituents is 1. The van der Waals surface area contributed by atoms with E-state index in [0.717, 1.165) is 30.2 Å². The van der Waals surface area contributed by atoms with Crippen LogP contribution in [-0.4, -0.2) is 51.3 Å². The number of aromatic nitrogens is 3. The standard InChI is InChI=1S/C22H23N5O5S/c1-25-13-23-24-22(25)33-20-9-7-15(11-17(20)27(29)30)21(28)26-10-4-5-16(26)14-6-8-18(31-2)19(12-14)32-3/h6-9,11-13,16H,4-5,10H2,1-3H3. The van der Waals surface area contributed by atoms with Gasteiger partial charge in [-0.15, -0.1) is 10.2 Å². The normalized spacial score (nSPS) is 15.5. The largest absolute Gasteiger partial charge is 0.493 e. The third-order valence-corrected chi connectivity index (χ3v) is 6.70. The Kier molecular flexibility index (Phi) is 6.50. The van der Waals surface area contributed by atoms with Crippen molar-refractivity contribution in [3.63, 3.8) is 0 Å². The predicted octanol–water partition coefficient (Wildman–Crippen LogP) is 3.87. The summed E-state index contributed by atoms with van der Waals surface area (Å²) in [4.78, 5) is 26.8. The van der Waals surface area contributed by atoms with Crippen LogP contribution in [0.2, 0.25) is 0 Å². The van der Waals surface area contributed by atoms with Crippen molar-refractivity contribution in [3.8, 4) is 11.5 Å². The summed E-state index contributed by atoms with van der Waals surface area (Å²) in [6.45, 7) is 0.571. The van der Waals surface area contributed by atoms with Crippen molar-refractivity contribution >= 4 is 23.4 Å². The van der Waals surface area contributed by atoms with Gasteiger partial charge in [0.25, 0.3) is 11.6 Å². The van der Waals surface area contributed by atoms with Crippen molar-refractivity contribution in [2.24, 2.45) is 7.05 Å². The fraction of sp³-hybridized carbons (Fsp3) is 0.318. The molecule has 0 spiro atoms. The number of benzene rings is 2. The molecule has 1 saturated heterocycles. The van der Waals surface area contributed by atoms with Crippen molar-refractivity contribution in [1.29, 1.82) is 0 Å². The number of methoxy groups -OCH3 is 2. The van der Waals surface area contributed by atoms with Crippen molar-refractivity contribution < 1.29 is 19.2 Å². The summed E-state index contributed by atoms with van der Waals surface area (Å²) in [5, 5.41) is 20.0. The molecule has 4 rings (SSSR count). The SMILES string of the molecule is COc1ccc(C2CCCN2C(=O)c2ccc(Sc3nncn3C)c([N+](=O)[O-])c2)cc1OC. The topological polar surface area (TPSA) is 113 Å². The van der Waals surface area contributed by atoms with Gasteiger partial charge in [-0.2, -0.15) is 0 Å². The number of likely N-dealkylation sites (tertiary alicyclic amines) is 1. The maximum Gasteiger partial charge on any atom is 0.284 e. The lowest BCUT2D eigenvalue weighted by molar-refractivity contribution is -0.387. The highest BCUT2D eigenvalue weighted by Gasteiger charge is 2.32. The van der Waals surface area contributed by atoms with Crippen molar-refractivity contribution in [2.75, 3.05) is 20.8 Å². The molecule has 172 valence electrons. The lowest BCUT2D eigenvalue weighted by Crippen LogP contribution is -2.30. The minimum atomic E-state index is -0.481. The Balaban J connectivity index is 1.62. The molecule has 1 amide bonds. The Morgan fingerprint density at radius 3 is 2.64 bits per heavy atom. The highest BCUT2D eigenvalue weighted by atomic mass is 32.2. The number of aryl methyl sites for hydroxylation is 1. The van der Waals surface area contributed by atoms with Gasteiger partial charge < -0.3 is 18.9 Å². The predicted molar refractivity (Wildman–Crippen MR) is 121 cm³/mol. The van der Waals surface area contributed by atoms with Gasteiger partial charge in [-0.05, 0) is 54.4 Å². The number of hydrogen-bond donors (Lipinski definition) is 0. The number of ether oxygens (including phenoxy) is 2. The number of carbonyl (C=O) groups excluding carboxylic acids is 1. The van der Waals surface area contributed by atoms with Gasteiger partial charge >= 0.3 is 0 Å². The average molecular weight is 470 g/mol. The molecule has 0 radical (unpaired) electrons.